The van der Waals surface area contributed by atoms with Crippen molar-refractivity contribution in [2.45, 2.75) is 85.6 Å². The Morgan fingerprint density at radius 2 is 0.646 bits per heavy atom. The van der Waals surface area contributed by atoms with E-state index < -0.39 is 44.8 Å². The van der Waals surface area contributed by atoms with Crippen LogP contribution in [0.15, 0.2) is 407 Å². The third-order valence-corrected chi connectivity index (χ3v) is 33.6. The number of nitrogens with one attached hydrogen (secondary N) is 2. The number of halogens is 3. The van der Waals surface area contributed by atoms with Crippen molar-refractivity contribution in [1.82, 2.24) is 35.6 Å². The van der Waals surface area contributed by atoms with Crippen LogP contribution in [0.5, 0.6) is 23.3 Å². The first-order valence-corrected chi connectivity index (χ1v) is 53.1. The minimum atomic E-state index is -0.447. The Bertz CT molecular complexity index is 6060. The summed E-state index contributed by atoms with van der Waals surface area (Å²) in [5.41, 5.74) is 7.92. The summed E-state index contributed by atoms with van der Waals surface area (Å²) in [5.74, 6) is 1.60. The van der Waals surface area contributed by atoms with E-state index in [-0.39, 0.29) is 49.3 Å². The van der Waals surface area contributed by atoms with E-state index in [0.29, 0.717) is 75.6 Å². The molecule has 144 heavy (non-hydrogen) atoms. The third kappa shape index (κ3) is 29.8. The molecule has 0 spiro atoms. The number of ether oxygens (including phenoxy) is 5. The fraction of sp³-hybridized carbons (Fsp3) is 0.153. The molecule has 8 heterocycles. The van der Waals surface area contributed by atoms with Gasteiger partial charge in [-0.05, 0) is 198 Å². The van der Waals surface area contributed by atoms with E-state index in [9.17, 15) is 14.4 Å². The van der Waals surface area contributed by atoms with E-state index in [4.69, 9.17) is 67.8 Å². The predicted molar refractivity (Wildman–Crippen MR) is 595 cm³/mol. The van der Waals surface area contributed by atoms with Crippen LogP contribution in [0.4, 0.5) is 0 Å². The Labute approximate surface area is 879 Å². The number of benzene rings is 12. The second kappa shape index (κ2) is 55.4. The van der Waals surface area contributed by atoms with Crippen molar-refractivity contribution >= 4 is 161 Å². The largest absolute Gasteiger partial charge is 0.496 e. The zero-order chi connectivity index (χ0) is 101. The molecular formula is C118H113BCl3N7O10P4Pd. The Kier molecular flexibility index (Phi) is 42.3. The molecule has 12 aromatic carbocycles. The quantitative estimate of drug-likeness (QED) is 0.0226. The molecule has 20 rings (SSSR count). The minimum Gasteiger partial charge on any atom is -0.491 e. The number of amides is 2. The van der Waals surface area contributed by atoms with Crippen LogP contribution in [-0.2, 0) is 53.4 Å². The van der Waals surface area contributed by atoms with Gasteiger partial charge in [-0.3, -0.25) is 14.6 Å². The smallest absolute Gasteiger partial charge is 0.491 e. The van der Waals surface area contributed by atoms with E-state index >= 15 is 0 Å². The van der Waals surface area contributed by atoms with Gasteiger partial charge >= 0.3 is 13.1 Å². The number of rotatable bonds is 21. The van der Waals surface area contributed by atoms with Crippen LogP contribution < -0.4 is 98.7 Å². The van der Waals surface area contributed by atoms with Gasteiger partial charge in [0, 0.05) is 43.8 Å². The maximum Gasteiger partial charge on any atom is 0.496 e. The van der Waals surface area contributed by atoms with Crippen molar-refractivity contribution in [2.24, 2.45) is 0 Å². The monoisotopic (exact) mass is 2130 g/mol. The zero-order valence-electron chi connectivity index (χ0n) is 82.1. The SMILES string of the molecule is CCOC(=O)c1c(C)cc(Cl)nc1CCl.COc1cc(-c2cc(C)c3c(n2)CNC3=O)cnc1OC.COc1cc(B2OC(C)(C)C(C)(C)O2)cnc1OC.Cc1cc(Cl)nc2c1C(=O)NC2.[Pd].c1ccc(P(c2ccccc2)c2ccccc2)cc1.c1ccc(P(c2ccccc2)c2ccccc2)cc1.c1ccc(P(c2ccccc2)c2ccccc2)cc1.c1ccc(P(c2ccccc2)c2ccccc2)cc1. The predicted octanol–water partition coefficient (Wildman–Crippen LogP) is 21.1. The standard InChI is InChI=1S/4C18H15P.C15H15N3O3.C13H20BNO4.C10H11Cl2NO2.C8H7ClN2O.Pd/c4*1-4-10-16(11-5-1)19(17-12-6-2-7-13-17)18-14-8-3-9-15-18;1-8-4-10(18-11-7-16-14(19)13(8)11)9-5-12(20-2)15(21-3)17-6-9;1-12(2)13(3,4)19-14(18-12)9-7-10(16-5)11(17-6)15-8-9;1-3-15-10(14)9-6(2)4-8(12)13-7(9)5-11;1-4-2-6(9)11-5-3-10-8(12)7(4)5;/h4*1-15H;4-6H,7H2,1-3H3,(H,16,19);7-8H,1-6H3;4H,3,5H2,1-2H3;2H,3H2,1H3,(H,10,12);. The molecule has 1 saturated heterocycles. The number of carbonyl (C=O) groups is 3. The van der Waals surface area contributed by atoms with E-state index in [2.05, 4.69) is 400 Å². The number of alkyl halides is 1. The third-order valence-electron chi connectivity index (χ3n) is 23.2. The molecule has 3 aliphatic heterocycles. The molecule has 1 fully saturated rings. The number of fused-ring (bicyclic) bond motifs is 2. The van der Waals surface area contributed by atoms with E-state index in [1.54, 1.807) is 66.8 Å². The van der Waals surface area contributed by atoms with Crippen LogP contribution in [-0.4, -0.2) is 96.1 Å². The minimum absolute atomic E-state index is 0. The average molecular weight is 2140 g/mol. The van der Waals surface area contributed by atoms with Crippen molar-refractivity contribution in [3.05, 3.63) is 467 Å². The number of hydrogen-bond acceptors (Lipinski definition) is 15. The molecule has 0 bridgehead atoms. The molecule has 0 atom stereocenters. The number of carbonyl (C=O) groups excluding carboxylic acids is 3. The molecule has 17 aromatic rings. The molecule has 734 valence electrons. The van der Waals surface area contributed by atoms with Gasteiger partial charge < -0.3 is 43.6 Å². The second-order valence-electron chi connectivity index (χ2n) is 33.4. The summed E-state index contributed by atoms with van der Waals surface area (Å²) >= 11 is 17.2. The number of methoxy groups -OCH3 is 4. The number of aryl methyl sites for hydroxylation is 3. The van der Waals surface area contributed by atoms with Crippen LogP contribution in [0.2, 0.25) is 10.3 Å². The molecule has 0 unspecified atom stereocenters. The first-order chi connectivity index (χ1) is 69.5. The van der Waals surface area contributed by atoms with E-state index in [1.165, 1.54) is 63.7 Å². The van der Waals surface area contributed by atoms with Crippen LogP contribution in [0.3, 0.4) is 0 Å². The van der Waals surface area contributed by atoms with Crippen LogP contribution in [0.1, 0.15) is 99.5 Å². The maximum atomic E-state index is 11.7. The fourth-order valence-corrected chi connectivity index (χ4v) is 25.6. The van der Waals surface area contributed by atoms with Gasteiger partial charge in [0.25, 0.3) is 23.6 Å². The topological polar surface area (TPSA) is 204 Å². The Balaban J connectivity index is 0.000000147. The number of nitrogens with zero attached hydrogens (tertiary/aromatic N) is 5. The zero-order valence-corrected chi connectivity index (χ0v) is 89.5. The van der Waals surface area contributed by atoms with E-state index in [1.807, 2.05) is 59.7 Å². The number of aromatic nitrogens is 5. The molecule has 26 heteroatoms. The summed E-state index contributed by atoms with van der Waals surface area (Å²) < 4.78 is 37.6. The molecule has 0 radical (unpaired) electrons. The molecular weight excluding hydrogens is 2020 g/mol. The molecule has 2 N–H and O–H groups in total. The first-order valence-electron chi connectivity index (χ1n) is 46.5. The van der Waals surface area contributed by atoms with Gasteiger partial charge in [0.2, 0.25) is 0 Å². The van der Waals surface area contributed by atoms with Crippen molar-refractivity contribution in [2.75, 3.05) is 35.0 Å². The summed E-state index contributed by atoms with van der Waals surface area (Å²) in [5, 5.41) is 23.0. The van der Waals surface area contributed by atoms with Gasteiger partial charge in [-0.2, -0.15) is 0 Å². The summed E-state index contributed by atoms with van der Waals surface area (Å²) in [7, 11) is 4.00. The van der Waals surface area contributed by atoms with Crippen molar-refractivity contribution in [1.29, 1.82) is 0 Å². The van der Waals surface area contributed by atoms with Crippen LogP contribution in [0.25, 0.3) is 11.3 Å². The van der Waals surface area contributed by atoms with Gasteiger partial charge in [-0.1, -0.05) is 387 Å². The maximum absolute atomic E-state index is 11.7. The molecule has 3 aliphatic rings. The number of hydrogen-bond donors (Lipinski definition) is 2. The molecule has 0 saturated carbocycles. The van der Waals surface area contributed by atoms with Gasteiger partial charge in [0.05, 0.1) is 105 Å². The van der Waals surface area contributed by atoms with Crippen molar-refractivity contribution in [3.63, 3.8) is 0 Å². The number of pyridine rings is 5. The number of esters is 1. The second-order valence-corrected chi connectivity index (χ2v) is 43.3. The van der Waals surface area contributed by atoms with E-state index in [0.717, 1.165) is 44.8 Å². The van der Waals surface area contributed by atoms with Crippen molar-refractivity contribution < 1.29 is 67.8 Å². The molecule has 0 aliphatic carbocycles. The normalized spacial score (nSPS) is 12.4. The molecule has 2 amide bonds. The van der Waals surface area contributed by atoms with Crippen LogP contribution >= 0.6 is 66.5 Å². The Hall–Kier alpha value is -12.8. The summed E-state index contributed by atoms with van der Waals surface area (Å²) in [6, 6.07) is 138. The van der Waals surface area contributed by atoms with Gasteiger partial charge in [-0.25, -0.2) is 24.7 Å². The van der Waals surface area contributed by atoms with Gasteiger partial charge in [0.15, 0.2) is 11.5 Å². The fourth-order valence-electron chi connectivity index (χ4n) is 15.7. The average Bonchev–Trinajstić information content (AvgIpc) is 1.62. The Morgan fingerprint density at radius 3 is 0.931 bits per heavy atom. The Morgan fingerprint density at radius 1 is 0.375 bits per heavy atom. The summed E-state index contributed by atoms with van der Waals surface area (Å²) in [4.78, 5) is 55.5. The van der Waals surface area contributed by atoms with Crippen LogP contribution in [0, 0.1) is 20.8 Å². The van der Waals surface area contributed by atoms with Gasteiger partial charge in [-0.15, -0.1) is 11.6 Å². The molecule has 17 nitrogen and oxygen atoms in total. The molecule has 5 aromatic heterocycles. The summed E-state index contributed by atoms with van der Waals surface area (Å²) in [6.45, 7) is 16.6. The van der Waals surface area contributed by atoms with Crippen molar-refractivity contribution in [3.8, 4) is 34.5 Å². The van der Waals surface area contributed by atoms with Gasteiger partial charge in [0.1, 0.15) is 10.3 Å². The summed E-state index contributed by atoms with van der Waals surface area (Å²) in [6.07, 6.45) is 3.36. The first kappa shape index (κ1) is 110.